The van der Waals surface area contributed by atoms with Crippen molar-refractivity contribution in [3.05, 3.63) is 102 Å². The van der Waals surface area contributed by atoms with E-state index in [0.717, 1.165) is 22.4 Å². The van der Waals surface area contributed by atoms with E-state index in [4.69, 9.17) is 9.47 Å². The van der Waals surface area contributed by atoms with Crippen molar-refractivity contribution in [3.8, 4) is 5.75 Å². The zero-order valence-corrected chi connectivity index (χ0v) is 28.6. The molecule has 3 aromatic carbocycles. The molecule has 1 fully saturated rings. The van der Waals surface area contributed by atoms with Gasteiger partial charge in [0.25, 0.3) is 0 Å². The van der Waals surface area contributed by atoms with Crippen molar-refractivity contribution < 1.29 is 29.3 Å². The number of amides is 2. The Morgan fingerprint density at radius 1 is 0.958 bits per heavy atom. The molecule has 5 N–H and O–H groups in total. The smallest absolute Gasteiger partial charge is 0.244 e. The number of hydrogen-bond donors (Lipinski definition) is 5. The summed E-state index contributed by atoms with van der Waals surface area (Å²) in [5, 5.41) is 31.4. The molecule has 0 aromatic heterocycles. The predicted molar refractivity (Wildman–Crippen MR) is 186 cm³/mol. The second-order valence-corrected chi connectivity index (χ2v) is 12.7. The van der Waals surface area contributed by atoms with Crippen LogP contribution in [0.4, 0.5) is 0 Å². The molecule has 10 heteroatoms. The largest absolute Gasteiger partial charge is 0.497 e. The van der Waals surface area contributed by atoms with E-state index in [1.54, 1.807) is 12.0 Å². The summed E-state index contributed by atoms with van der Waals surface area (Å²) in [5.74, 6) is 0.0767. The van der Waals surface area contributed by atoms with Gasteiger partial charge in [-0.2, -0.15) is 0 Å². The van der Waals surface area contributed by atoms with Crippen LogP contribution in [0, 0.1) is 5.92 Å². The van der Waals surface area contributed by atoms with E-state index in [1.165, 1.54) is 7.11 Å². The molecule has 1 saturated heterocycles. The summed E-state index contributed by atoms with van der Waals surface area (Å²) in [6.45, 7) is 5.07. The second kappa shape index (κ2) is 18.1. The van der Waals surface area contributed by atoms with E-state index in [9.17, 15) is 19.8 Å². The number of nitrogens with zero attached hydrogens (tertiary/aromatic N) is 1. The van der Waals surface area contributed by atoms with Gasteiger partial charge in [0.05, 0.1) is 19.3 Å². The molecular weight excluding hydrogens is 608 g/mol. The number of likely N-dealkylation sites (tertiary alicyclic amines) is 1. The van der Waals surface area contributed by atoms with Gasteiger partial charge in [-0.1, -0.05) is 93.1 Å². The Labute approximate surface area is 284 Å². The van der Waals surface area contributed by atoms with Crippen LogP contribution in [0.25, 0.3) is 0 Å². The highest BCUT2D eigenvalue weighted by molar-refractivity contribution is 5.94. The molecule has 10 nitrogen and oxygen atoms in total. The van der Waals surface area contributed by atoms with Gasteiger partial charge in [0, 0.05) is 26.7 Å². The van der Waals surface area contributed by atoms with Gasteiger partial charge in [0.1, 0.15) is 17.3 Å². The third-order valence-electron chi connectivity index (χ3n) is 9.58. The highest BCUT2D eigenvalue weighted by Crippen LogP contribution is 2.35. The number of hydrogen-bond acceptors (Lipinski definition) is 8. The summed E-state index contributed by atoms with van der Waals surface area (Å²) >= 11 is 0. The fourth-order valence-corrected chi connectivity index (χ4v) is 6.52. The number of rotatable bonds is 19. The Hall–Kier alpha value is -3.80. The summed E-state index contributed by atoms with van der Waals surface area (Å²) in [4.78, 5) is 30.3. The van der Waals surface area contributed by atoms with Gasteiger partial charge < -0.3 is 35.2 Å². The lowest BCUT2D eigenvalue weighted by molar-refractivity contribution is -0.152. The van der Waals surface area contributed by atoms with Crippen molar-refractivity contribution in [2.24, 2.45) is 5.92 Å². The van der Waals surface area contributed by atoms with Crippen LogP contribution in [0.15, 0.2) is 84.9 Å². The van der Waals surface area contributed by atoms with Crippen LogP contribution in [0.1, 0.15) is 49.8 Å². The van der Waals surface area contributed by atoms with Crippen LogP contribution >= 0.6 is 0 Å². The fourth-order valence-electron chi connectivity index (χ4n) is 6.52. The van der Waals surface area contributed by atoms with Gasteiger partial charge in [-0.25, -0.2) is 0 Å². The Morgan fingerprint density at radius 2 is 1.62 bits per heavy atom. The maximum atomic E-state index is 14.4. The highest BCUT2D eigenvalue weighted by Gasteiger charge is 2.53. The minimum absolute atomic E-state index is 0.124. The number of aryl methyl sites for hydroxylation is 1. The Bertz CT molecular complexity index is 1430. The molecular formula is C38H52N4O6. The van der Waals surface area contributed by atoms with Crippen molar-refractivity contribution in [2.75, 3.05) is 27.3 Å². The molecule has 0 spiro atoms. The van der Waals surface area contributed by atoms with Gasteiger partial charge in [-0.05, 0) is 60.4 Å². The van der Waals surface area contributed by atoms with Gasteiger partial charge in [-0.15, -0.1) is 0 Å². The second-order valence-electron chi connectivity index (χ2n) is 12.7. The van der Waals surface area contributed by atoms with E-state index in [-0.39, 0.29) is 24.3 Å². The lowest BCUT2D eigenvalue weighted by atomic mass is 9.82. The third-order valence-corrected chi connectivity index (χ3v) is 9.58. The number of benzene rings is 3. The molecule has 0 bridgehead atoms. The number of ether oxygens (including phenoxy) is 2. The van der Waals surface area contributed by atoms with Crippen molar-refractivity contribution in [3.63, 3.8) is 0 Å². The van der Waals surface area contributed by atoms with Crippen molar-refractivity contribution >= 4 is 11.8 Å². The average molecular weight is 661 g/mol. The van der Waals surface area contributed by atoms with Crippen LogP contribution in [0.2, 0.25) is 0 Å². The molecule has 0 aliphatic carbocycles. The number of carbonyl (C=O) groups excluding carboxylic acids is 2. The molecule has 4 rings (SSSR count). The summed E-state index contributed by atoms with van der Waals surface area (Å²) in [7, 11) is 3.00. The first-order valence-electron chi connectivity index (χ1n) is 16.9. The van der Waals surface area contributed by atoms with Crippen LogP contribution in [0.5, 0.6) is 5.75 Å². The molecule has 6 atom stereocenters. The van der Waals surface area contributed by atoms with Crippen LogP contribution in [-0.4, -0.2) is 84.4 Å². The van der Waals surface area contributed by atoms with Crippen LogP contribution in [-0.2, 0) is 33.7 Å². The summed E-state index contributed by atoms with van der Waals surface area (Å²) in [6.07, 6.45) is 0.259. The number of methoxy groups -OCH3 is 2. The zero-order chi connectivity index (χ0) is 34.5. The summed E-state index contributed by atoms with van der Waals surface area (Å²) in [5.41, 5.74) is 1.96. The molecule has 0 radical (unpaired) electrons. The van der Waals surface area contributed by atoms with E-state index in [1.807, 2.05) is 98.8 Å². The minimum atomic E-state index is -1.32. The van der Waals surface area contributed by atoms with Crippen LogP contribution < -0.4 is 20.7 Å². The molecule has 2 amide bonds. The van der Waals surface area contributed by atoms with Crippen LogP contribution in [0.3, 0.4) is 0 Å². The molecule has 1 heterocycles. The Balaban J connectivity index is 1.56. The fraction of sp³-hybridized carbons (Fsp3) is 0.474. The predicted octanol–water partition coefficient (Wildman–Crippen LogP) is 3.40. The Kier molecular flexibility index (Phi) is 14.0. The average Bonchev–Trinajstić information content (AvgIpc) is 3.44. The molecule has 1 aliphatic heterocycles. The standard InChI is InChI=1S/C38H52N4O6/c1-5-27(2)38(41-37(46)48-4)21-22-42(36(38)45)33(20-19-28-13-8-6-9-14-28)35(44)40-32(24-29-15-10-7-11-16-29)34(43)26-39-25-30-17-12-18-31(23-30)47-3/h6-18,23,27,32-34,37,39,41,43,46H,5,19-22,24-26H2,1-4H3,(H,40,44)/t27?,32-,33-,34+,37?,38-/m0/s1. The highest BCUT2D eigenvalue weighted by atomic mass is 16.6. The normalized spacial score (nSPS) is 19.4. The quantitative estimate of drug-likeness (QED) is 0.124. The topological polar surface area (TPSA) is 132 Å². The molecule has 260 valence electrons. The maximum Gasteiger partial charge on any atom is 0.244 e. The molecule has 3 aromatic rings. The Morgan fingerprint density at radius 3 is 2.27 bits per heavy atom. The number of aliphatic hydroxyl groups is 2. The summed E-state index contributed by atoms with van der Waals surface area (Å²) in [6, 6.07) is 25.9. The van der Waals surface area contributed by atoms with Crippen molar-refractivity contribution in [1.29, 1.82) is 0 Å². The number of nitrogens with one attached hydrogen (secondary N) is 3. The van der Waals surface area contributed by atoms with Crippen molar-refractivity contribution in [1.82, 2.24) is 20.9 Å². The minimum Gasteiger partial charge on any atom is -0.497 e. The van der Waals surface area contributed by atoms with Gasteiger partial charge in [0.2, 0.25) is 18.2 Å². The van der Waals surface area contributed by atoms with E-state index in [2.05, 4.69) is 16.0 Å². The van der Waals surface area contributed by atoms with E-state index < -0.39 is 30.1 Å². The van der Waals surface area contributed by atoms with E-state index >= 15 is 0 Å². The molecule has 48 heavy (non-hydrogen) atoms. The first-order chi connectivity index (χ1) is 23.2. The monoisotopic (exact) mass is 660 g/mol. The summed E-state index contributed by atoms with van der Waals surface area (Å²) < 4.78 is 10.4. The van der Waals surface area contributed by atoms with Gasteiger partial charge in [0.15, 0.2) is 0 Å². The molecule has 0 saturated carbocycles. The first kappa shape index (κ1) is 37.0. The third kappa shape index (κ3) is 9.64. The molecule has 2 unspecified atom stereocenters. The number of aliphatic hydroxyl groups excluding tert-OH is 2. The lowest BCUT2D eigenvalue weighted by Gasteiger charge is -2.37. The zero-order valence-electron chi connectivity index (χ0n) is 28.6. The molecule has 1 aliphatic rings. The van der Waals surface area contributed by atoms with E-state index in [0.29, 0.717) is 45.2 Å². The first-order valence-corrected chi connectivity index (χ1v) is 16.9. The lowest BCUT2D eigenvalue weighted by Crippen LogP contribution is -2.62. The number of carbonyl (C=O) groups is 2. The van der Waals surface area contributed by atoms with Crippen molar-refractivity contribution in [2.45, 2.75) is 82.6 Å². The van der Waals surface area contributed by atoms with Gasteiger partial charge >= 0.3 is 0 Å². The maximum absolute atomic E-state index is 14.4. The van der Waals surface area contributed by atoms with Gasteiger partial charge in [-0.3, -0.25) is 14.9 Å². The SMILES string of the molecule is CCC(C)[C@@]1(NC(O)OC)CCN([C@@H](CCc2ccccc2)C(=O)N[C@@H](Cc2ccccc2)[C@H](O)CNCc2cccc(OC)c2)C1=O.